The minimum atomic E-state index is -0.170. The van der Waals surface area contributed by atoms with Crippen LogP contribution in [-0.2, 0) is 16.1 Å². The zero-order chi connectivity index (χ0) is 14.8. The molecule has 0 saturated heterocycles. The summed E-state index contributed by atoms with van der Waals surface area (Å²) in [5.74, 6) is -0.170. The first kappa shape index (κ1) is 14.4. The van der Waals surface area contributed by atoms with Gasteiger partial charge in [-0.05, 0) is 31.9 Å². The molecule has 0 unspecified atom stereocenters. The lowest BCUT2D eigenvalue weighted by Crippen LogP contribution is -2.32. The molecule has 3 rings (SSSR count). The quantitative estimate of drug-likeness (QED) is 0.769. The van der Waals surface area contributed by atoms with Crippen LogP contribution in [0.4, 0.5) is 0 Å². The van der Waals surface area contributed by atoms with E-state index in [4.69, 9.17) is 16.3 Å². The van der Waals surface area contributed by atoms with Crippen molar-refractivity contribution in [2.75, 3.05) is 13.2 Å². The largest absolute Gasteiger partial charge is 0.465 e. The number of fused-ring (bicyclic) bond motifs is 1. The SMILES string of the molecule is CCOC(=O)CN(Cc1cn2cc(Cl)ccc2n1)C1CC1. The lowest BCUT2D eigenvalue weighted by Gasteiger charge is -2.19. The number of carbonyl (C=O) groups excluding carboxylic acids is 1. The van der Waals surface area contributed by atoms with Crippen molar-refractivity contribution in [2.24, 2.45) is 0 Å². The minimum Gasteiger partial charge on any atom is -0.465 e. The summed E-state index contributed by atoms with van der Waals surface area (Å²) in [5.41, 5.74) is 1.80. The minimum absolute atomic E-state index is 0.170. The number of aromatic nitrogens is 2. The van der Waals surface area contributed by atoms with Crippen LogP contribution in [0.5, 0.6) is 0 Å². The number of esters is 1. The highest BCUT2D eigenvalue weighted by atomic mass is 35.5. The van der Waals surface area contributed by atoms with E-state index in [-0.39, 0.29) is 5.97 Å². The van der Waals surface area contributed by atoms with E-state index in [0.29, 0.717) is 30.8 Å². The predicted octanol–water partition coefficient (Wildman–Crippen LogP) is 2.52. The maximum absolute atomic E-state index is 11.7. The number of rotatable bonds is 6. The molecular formula is C15H18ClN3O2. The first-order valence-corrected chi connectivity index (χ1v) is 7.56. The van der Waals surface area contributed by atoms with Gasteiger partial charge in [0.15, 0.2) is 0 Å². The standard InChI is InChI=1S/C15H18ClN3O2/c1-2-21-15(20)10-18(13-4-5-13)8-12-9-19-7-11(16)3-6-14(19)17-12/h3,6-7,9,13H,2,4-5,8,10H2,1H3. The normalized spacial score (nSPS) is 14.8. The van der Waals surface area contributed by atoms with Gasteiger partial charge in [-0.1, -0.05) is 11.6 Å². The highest BCUT2D eigenvalue weighted by molar-refractivity contribution is 6.30. The third kappa shape index (κ3) is 3.54. The van der Waals surface area contributed by atoms with E-state index in [1.807, 2.05) is 35.9 Å². The Bertz CT molecular complexity index is 651. The molecule has 0 radical (unpaired) electrons. The second kappa shape index (κ2) is 6.03. The van der Waals surface area contributed by atoms with E-state index in [9.17, 15) is 4.79 Å². The number of carbonyl (C=O) groups is 1. The Labute approximate surface area is 128 Å². The first-order valence-electron chi connectivity index (χ1n) is 7.18. The first-order chi connectivity index (χ1) is 10.2. The Morgan fingerprint density at radius 2 is 2.29 bits per heavy atom. The summed E-state index contributed by atoms with van der Waals surface area (Å²) < 4.78 is 6.95. The van der Waals surface area contributed by atoms with Crippen LogP contribution in [0.15, 0.2) is 24.5 Å². The maximum atomic E-state index is 11.7. The van der Waals surface area contributed by atoms with Crippen molar-refractivity contribution in [2.45, 2.75) is 32.4 Å². The van der Waals surface area contributed by atoms with Crippen LogP contribution in [0.2, 0.25) is 5.02 Å². The Hall–Kier alpha value is -1.59. The Morgan fingerprint density at radius 1 is 1.48 bits per heavy atom. The molecule has 0 spiro atoms. The fourth-order valence-electron chi connectivity index (χ4n) is 2.43. The highest BCUT2D eigenvalue weighted by Gasteiger charge is 2.31. The number of nitrogens with zero attached hydrogens (tertiary/aromatic N) is 3. The van der Waals surface area contributed by atoms with Crippen LogP contribution < -0.4 is 0 Å². The summed E-state index contributed by atoms with van der Waals surface area (Å²) in [7, 11) is 0. The van der Waals surface area contributed by atoms with Crippen molar-refractivity contribution in [3.63, 3.8) is 0 Å². The second-order valence-electron chi connectivity index (χ2n) is 5.29. The van der Waals surface area contributed by atoms with Gasteiger partial charge in [0.1, 0.15) is 5.65 Å². The number of halogens is 1. The molecule has 0 atom stereocenters. The Kier molecular flexibility index (Phi) is 4.12. The van der Waals surface area contributed by atoms with Gasteiger partial charge in [0.05, 0.1) is 23.9 Å². The lowest BCUT2D eigenvalue weighted by molar-refractivity contribution is -0.144. The fraction of sp³-hybridized carbons (Fsp3) is 0.467. The molecule has 1 fully saturated rings. The summed E-state index contributed by atoms with van der Waals surface area (Å²) in [6.45, 7) is 3.23. The number of ether oxygens (including phenoxy) is 1. The topological polar surface area (TPSA) is 46.8 Å². The molecule has 5 nitrogen and oxygen atoms in total. The summed E-state index contributed by atoms with van der Waals surface area (Å²) in [5, 5.41) is 0.678. The van der Waals surface area contributed by atoms with Crippen molar-refractivity contribution in [3.8, 4) is 0 Å². The lowest BCUT2D eigenvalue weighted by atomic mass is 10.4. The molecule has 112 valence electrons. The summed E-state index contributed by atoms with van der Waals surface area (Å²) in [6, 6.07) is 4.19. The monoisotopic (exact) mass is 307 g/mol. The van der Waals surface area contributed by atoms with Gasteiger partial charge in [0.25, 0.3) is 0 Å². The summed E-state index contributed by atoms with van der Waals surface area (Å²) in [6.07, 6.45) is 6.07. The molecule has 1 aliphatic rings. The van der Waals surface area contributed by atoms with E-state index in [1.165, 1.54) is 0 Å². The Balaban J connectivity index is 1.73. The van der Waals surface area contributed by atoms with E-state index >= 15 is 0 Å². The van der Waals surface area contributed by atoms with Gasteiger partial charge in [-0.3, -0.25) is 9.69 Å². The van der Waals surface area contributed by atoms with Crippen molar-refractivity contribution in [1.82, 2.24) is 14.3 Å². The Morgan fingerprint density at radius 3 is 3.00 bits per heavy atom. The molecule has 2 heterocycles. The van der Waals surface area contributed by atoms with Crippen molar-refractivity contribution < 1.29 is 9.53 Å². The van der Waals surface area contributed by atoms with Crippen molar-refractivity contribution >= 4 is 23.2 Å². The molecule has 2 aromatic heterocycles. The van der Waals surface area contributed by atoms with Crippen LogP contribution in [0.1, 0.15) is 25.5 Å². The number of pyridine rings is 1. The third-order valence-electron chi connectivity index (χ3n) is 3.53. The molecule has 2 aromatic rings. The smallest absolute Gasteiger partial charge is 0.320 e. The van der Waals surface area contributed by atoms with E-state index in [0.717, 1.165) is 24.2 Å². The van der Waals surface area contributed by atoms with Gasteiger partial charge in [0.2, 0.25) is 0 Å². The van der Waals surface area contributed by atoms with Crippen LogP contribution in [0, 0.1) is 0 Å². The average Bonchev–Trinajstić information content (AvgIpc) is 3.20. The molecule has 0 bridgehead atoms. The maximum Gasteiger partial charge on any atom is 0.320 e. The van der Waals surface area contributed by atoms with E-state index in [2.05, 4.69) is 9.88 Å². The zero-order valence-corrected chi connectivity index (χ0v) is 12.7. The average molecular weight is 308 g/mol. The zero-order valence-electron chi connectivity index (χ0n) is 12.0. The highest BCUT2D eigenvalue weighted by Crippen LogP contribution is 2.28. The van der Waals surface area contributed by atoms with Gasteiger partial charge in [-0.2, -0.15) is 0 Å². The van der Waals surface area contributed by atoms with Crippen molar-refractivity contribution in [3.05, 3.63) is 35.2 Å². The van der Waals surface area contributed by atoms with Gasteiger partial charge >= 0.3 is 5.97 Å². The number of hydrogen-bond donors (Lipinski definition) is 0. The molecular weight excluding hydrogens is 290 g/mol. The molecule has 1 aliphatic carbocycles. The molecule has 0 N–H and O–H groups in total. The number of hydrogen-bond acceptors (Lipinski definition) is 4. The van der Waals surface area contributed by atoms with Crippen molar-refractivity contribution in [1.29, 1.82) is 0 Å². The van der Waals surface area contributed by atoms with Gasteiger partial charge in [-0.25, -0.2) is 4.98 Å². The van der Waals surface area contributed by atoms with Crippen LogP contribution >= 0.6 is 11.6 Å². The molecule has 0 aliphatic heterocycles. The molecule has 6 heteroatoms. The van der Waals surface area contributed by atoms with Gasteiger partial charge < -0.3 is 9.14 Å². The predicted molar refractivity (Wildman–Crippen MR) is 80.3 cm³/mol. The molecule has 1 saturated carbocycles. The summed E-state index contributed by atoms with van der Waals surface area (Å²) >= 11 is 5.98. The van der Waals surface area contributed by atoms with Gasteiger partial charge in [-0.15, -0.1) is 0 Å². The van der Waals surface area contributed by atoms with Crippen LogP contribution in [0.3, 0.4) is 0 Å². The van der Waals surface area contributed by atoms with E-state index < -0.39 is 0 Å². The van der Waals surface area contributed by atoms with E-state index in [1.54, 1.807) is 0 Å². The molecule has 21 heavy (non-hydrogen) atoms. The third-order valence-corrected chi connectivity index (χ3v) is 3.75. The second-order valence-corrected chi connectivity index (χ2v) is 5.72. The summed E-state index contributed by atoms with van der Waals surface area (Å²) in [4.78, 5) is 18.4. The van der Waals surface area contributed by atoms with Crippen LogP contribution in [0.25, 0.3) is 5.65 Å². The number of imidazole rings is 1. The fourth-order valence-corrected chi connectivity index (χ4v) is 2.60. The van der Waals surface area contributed by atoms with Gasteiger partial charge in [0, 0.05) is 25.0 Å². The van der Waals surface area contributed by atoms with Crippen LogP contribution in [-0.4, -0.2) is 39.4 Å². The molecule has 0 amide bonds. The molecule has 0 aromatic carbocycles.